The van der Waals surface area contributed by atoms with Gasteiger partial charge in [0.15, 0.2) is 4.91 Å². The monoisotopic (exact) mass is 376 g/mol. The number of sulfonamides is 1. The molecule has 0 spiro atoms. The number of benzene rings is 2. The Bertz CT molecular complexity index is 1100. The van der Waals surface area contributed by atoms with E-state index in [9.17, 15) is 17.4 Å². The van der Waals surface area contributed by atoms with Gasteiger partial charge in [-0.3, -0.25) is 9.10 Å². The first kappa shape index (κ1) is 17.4. The van der Waals surface area contributed by atoms with E-state index in [4.69, 9.17) is 0 Å². The van der Waals surface area contributed by atoms with Crippen molar-refractivity contribution >= 4 is 31.2 Å². The number of carbonyl (C=O) groups excluding carboxylic acids is 1. The van der Waals surface area contributed by atoms with Crippen LogP contribution in [0.25, 0.3) is 0 Å². The molecule has 0 N–H and O–H groups in total. The third-order valence-electron chi connectivity index (χ3n) is 3.90. The molecule has 1 heterocycles. The van der Waals surface area contributed by atoms with Crippen LogP contribution in [0.4, 0.5) is 5.69 Å². The third kappa shape index (κ3) is 2.98. The summed E-state index contributed by atoms with van der Waals surface area (Å²) in [5, 5.41) is 0. The second-order valence-electron chi connectivity index (χ2n) is 5.53. The molecule has 1 unspecified atom stereocenters. The Morgan fingerprint density at radius 1 is 1.04 bits per heavy atom. The molecule has 25 heavy (non-hydrogen) atoms. The van der Waals surface area contributed by atoms with Gasteiger partial charge < -0.3 is 0 Å². The van der Waals surface area contributed by atoms with Crippen molar-refractivity contribution in [1.29, 1.82) is 0 Å². The molecule has 2 aromatic rings. The minimum atomic E-state index is -4.04. The number of rotatable bonds is 2. The van der Waals surface area contributed by atoms with Crippen LogP contribution in [0, 0.1) is 0 Å². The fourth-order valence-corrected chi connectivity index (χ4v) is 4.88. The molecule has 0 amide bonds. The number of allylic oxidation sites excluding steroid dienone is 1. The molecule has 1 aliphatic rings. The molecule has 8 heteroatoms. The lowest BCUT2D eigenvalue weighted by Crippen LogP contribution is -2.36. The molecule has 0 radical (unpaired) electrons. The van der Waals surface area contributed by atoms with Gasteiger partial charge in [0.1, 0.15) is 0 Å². The number of para-hydroxylation sites is 1. The normalized spacial score (nSPS) is 20.0. The number of Topliss-reactive ketones (excluding diaryl/α,β-unsaturated/α-hetero) is 1. The molecule has 0 bridgehead atoms. The van der Waals surface area contributed by atoms with Gasteiger partial charge in [-0.15, -0.1) is 0 Å². The summed E-state index contributed by atoms with van der Waals surface area (Å²) in [4.78, 5) is 12.6. The minimum Gasteiger partial charge on any atom is -0.288 e. The Labute approximate surface area is 147 Å². The van der Waals surface area contributed by atoms with Crippen LogP contribution in [0.5, 0.6) is 0 Å². The summed E-state index contributed by atoms with van der Waals surface area (Å²) in [6, 6.07) is 14.9. The molecule has 1 aliphatic heterocycles. The highest BCUT2D eigenvalue weighted by molar-refractivity contribution is 7.97. The summed E-state index contributed by atoms with van der Waals surface area (Å²) in [7, 11) is -5.54. The Balaban J connectivity index is 2.17. The van der Waals surface area contributed by atoms with E-state index in [0.717, 1.165) is 10.5 Å². The topological polar surface area (TPSA) is 83.9 Å². The number of carbonyl (C=O) groups is 1. The molecule has 0 saturated carbocycles. The largest absolute Gasteiger partial charge is 0.288 e. The smallest absolute Gasteiger partial charge is 0.269 e. The van der Waals surface area contributed by atoms with Crippen molar-refractivity contribution in [1.82, 2.24) is 0 Å². The van der Waals surface area contributed by atoms with E-state index in [1.165, 1.54) is 13.3 Å². The maximum atomic E-state index is 12.7. The Hall–Kier alpha value is -2.45. The molecule has 0 fully saturated rings. The minimum absolute atomic E-state index is 0.267. The van der Waals surface area contributed by atoms with Gasteiger partial charge in [-0.2, -0.15) is 0 Å². The number of hydrogen-bond acceptors (Lipinski definition) is 5. The van der Waals surface area contributed by atoms with Gasteiger partial charge in [0.05, 0.1) is 21.6 Å². The van der Waals surface area contributed by atoms with Gasteiger partial charge in [-0.05, 0) is 24.3 Å². The predicted octanol–water partition coefficient (Wildman–Crippen LogP) is 2.65. The highest BCUT2D eigenvalue weighted by atomic mass is 32.2. The average Bonchev–Trinajstić information content (AvgIpc) is 2.60. The highest BCUT2D eigenvalue weighted by Gasteiger charge is 2.38. The second-order valence-corrected chi connectivity index (χ2v) is 9.76. The number of fused-ring (bicyclic) bond motifs is 1. The van der Waals surface area contributed by atoms with Crippen molar-refractivity contribution in [3.8, 4) is 0 Å². The number of nitrogens with zero attached hydrogens (tertiary/aromatic N) is 2. The Kier molecular flexibility index (Phi) is 4.26. The van der Waals surface area contributed by atoms with Crippen LogP contribution in [0.15, 0.2) is 75.0 Å². The Morgan fingerprint density at radius 2 is 1.64 bits per heavy atom. The van der Waals surface area contributed by atoms with Crippen molar-refractivity contribution in [2.45, 2.75) is 4.90 Å². The van der Waals surface area contributed by atoms with Gasteiger partial charge in [0.2, 0.25) is 5.78 Å². The van der Waals surface area contributed by atoms with Gasteiger partial charge >= 0.3 is 0 Å². The SMILES string of the molecule is CN1c2ccccc2C(=O)C(=CN=S(C)(=O)c2ccccc2)S1(=O)=O. The molecular weight excluding hydrogens is 360 g/mol. The van der Waals surface area contributed by atoms with Crippen LogP contribution in [-0.2, 0) is 19.8 Å². The van der Waals surface area contributed by atoms with Crippen molar-refractivity contribution in [2.75, 3.05) is 17.6 Å². The summed E-state index contributed by atoms with van der Waals surface area (Å²) in [6.07, 6.45) is 2.32. The van der Waals surface area contributed by atoms with E-state index >= 15 is 0 Å². The fraction of sp³-hybridized carbons (Fsp3) is 0.118. The van der Waals surface area contributed by atoms with Crippen LogP contribution in [0.2, 0.25) is 0 Å². The van der Waals surface area contributed by atoms with Crippen LogP contribution in [-0.4, -0.2) is 31.7 Å². The lowest BCUT2D eigenvalue weighted by Gasteiger charge is -2.27. The standard InChI is InChI=1S/C17H16N2O4S2/c1-19-15-11-7-6-10-14(15)17(20)16(25(19,22)23)12-18-24(2,21)13-8-4-3-5-9-13/h3-12H,1-2H3. The summed E-state index contributed by atoms with van der Waals surface area (Å²) in [5.74, 6) is -0.652. The molecule has 130 valence electrons. The van der Waals surface area contributed by atoms with Crippen LogP contribution in [0.3, 0.4) is 0 Å². The van der Waals surface area contributed by atoms with E-state index < -0.39 is 30.4 Å². The summed E-state index contributed by atoms with van der Waals surface area (Å²) < 4.78 is 43.0. The number of ketones is 1. The van der Waals surface area contributed by atoms with Crippen LogP contribution < -0.4 is 4.31 Å². The van der Waals surface area contributed by atoms with Crippen molar-refractivity contribution < 1.29 is 17.4 Å². The number of anilines is 1. The van der Waals surface area contributed by atoms with Gasteiger partial charge in [-0.25, -0.2) is 17.0 Å². The zero-order valence-electron chi connectivity index (χ0n) is 13.6. The first-order valence-corrected chi connectivity index (χ1v) is 10.7. The lowest BCUT2D eigenvalue weighted by atomic mass is 10.1. The fourth-order valence-electron chi connectivity index (χ4n) is 2.47. The van der Waals surface area contributed by atoms with Crippen molar-refractivity contribution in [2.24, 2.45) is 4.36 Å². The number of hydrogen-bond donors (Lipinski definition) is 0. The van der Waals surface area contributed by atoms with E-state index in [-0.39, 0.29) is 5.56 Å². The maximum Gasteiger partial charge on any atom is 0.269 e. The quantitative estimate of drug-likeness (QED) is 0.754. The maximum absolute atomic E-state index is 12.7. The molecular formula is C17H16N2O4S2. The summed E-state index contributed by atoms with van der Waals surface area (Å²) in [5.41, 5.74) is 0.577. The molecule has 1 atom stereocenters. The molecule has 0 aromatic heterocycles. The summed E-state index contributed by atoms with van der Waals surface area (Å²) >= 11 is 0. The van der Waals surface area contributed by atoms with E-state index in [0.29, 0.717) is 10.6 Å². The van der Waals surface area contributed by atoms with Crippen LogP contribution in [0.1, 0.15) is 10.4 Å². The first-order chi connectivity index (χ1) is 11.7. The van der Waals surface area contributed by atoms with Gasteiger partial charge in [0.25, 0.3) is 10.0 Å². The van der Waals surface area contributed by atoms with E-state index in [2.05, 4.69) is 4.36 Å². The molecule has 3 rings (SSSR count). The van der Waals surface area contributed by atoms with E-state index in [1.807, 2.05) is 0 Å². The highest BCUT2D eigenvalue weighted by Crippen LogP contribution is 2.33. The molecule has 6 nitrogen and oxygen atoms in total. The van der Waals surface area contributed by atoms with Crippen molar-refractivity contribution in [3.05, 3.63) is 71.3 Å². The lowest BCUT2D eigenvalue weighted by molar-refractivity contribution is 0.104. The third-order valence-corrected chi connectivity index (χ3v) is 7.32. The second kappa shape index (κ2) is 6.12. The average molecular weight is 376 g/mol. The van der Waals surface area contributed by atoms with Crippen LogP contribution >= 0.6 is 0 Å². The zero-order chi connectivity index (χ0) is 18.2. The molecule has 2 aromatic carbocycles. The van der Waals surface area contributed by atoms with Gasteiger partial charge in [0, 0.05) is 23.8 Å². The van der Waals surface area contributed by atoms with Crippen molar-refractivity contribution in [3.63, 3.8) is 0 Å². The zero-order valence-corrected chi connectivity index (χ0v) is 15.3. The Morgan fingerprint density at radius 3 is 2.32 bits per heavy atom. The van der Waals surface area contributed by atoms with Gasteiger partial charge in [-0.1, -0.05) is 30.3 Å². The molecule has 0 aliphatic carbocycles. The first-order valence-electron chi connectivity index (χ1n) is 7.34. The molecule has 0 saturated heterocycles. The van der Waals surface area contributed by atoms with E-state index in [1.54, 1.807) is 54.6 Å². The summed E-state index contributed by atoms with van der Waals surface area (Å²) in [6.45, 7) is 0. The predicted molar refractivity (Wildman–Crippen MR) is 97.4 cm³/mol.